The molecular weight excluding hydrogens is 422 g/mol. The first kappa shape index (κ1) is 20.3. The molecule has 0 spiro atoms. The van der Waals surface area contributed by atoms with Gasteiger partial charge in [0.25, 0.3) is 5.56 Å². The van der Waals surface area contributed by atoms with Gasteiger partial charge in [-0.2, -0.15) is 0 Å². The number of methoxy groups -OCH3 is 1. The average Bonchev–Trinajstić information content (AvgIpc) is 3.09. The molecule has 160 valence electrons. The average molecular weight is 444 g/mol. The van der Waals surface area contributed by atoms with E-state index >= 15 is 0 Å². The molecule has 0 saturated heterocycles. The van der Waals surface area contributed by atoms with Gasteiger partial charge in [-0.05, 0) is 54.4 Å². The smallest absolute Gasteiger partial charge is 0.278 e. The first-order valence-corrected chi connectivity index (χ1v) is 10.8. The number of aryl methyl sites for hydroxylation is 1. The Labute approximate surface area is 190 Å². The summed E-state index contributed by atoms with van der Waals surface area (Å²) in [5.74, 6) is 0.784. The fourth-order valence-electron chi connectivity index (χ4n) is 4.14. The number of nitrogens with zero attached hydrogens (tertiary/aromatic N) is 3. The zero-order valence-electron chi connectivity index (χ0n) is 17.9. The Bertz CT molecular complexity index is 1500. The summed E-state index contributed by atoms with van der Waals surface area (Å²) in [6.07, 6.45) is 1.64. The summed E-state index contributed by atoms with van der Waals surface area (Å²) in [4.78, 5) is 18.4. The van der Waals surface area contributed by atoms with E-state index in [1.165, 1.54) is 0 Å². The fraction of sp³-hybridized carbons (Fsp3) is 0.154. The maximum absolute atomic E-state index is 13.6. The summed E-state index contributed by atoms with van der Waals surface area (Å²) in [6, 6.07) is 21.6. The van der Waals surface area contributed by atoms with E-state index in [9.17, 15) is 4.79 Å². The summed E-state index contributed by atoms with van der Waals surface area (Å²) in [7, 11) is 1.64. The van der Waals surface area contributed by atoms with Gasteiger partial charge in [0.2, 0.25) is 0 Å². The van der Waals surface area contributed by atoms with Crippen LogP contribution in [0.5, 0.6) is 5.75 Å². The molecule has 2 heterocycles. The second kappa shape index (κ2) is 8.17. The van der Waals surface area contributed by atoms with Crippen LogP contribution in [-0.2, 0) is 13.1 Å². The molecule has 32 heavy (non-hydrogen) atoms. The van der Waals surface area contributed by atoms with Crippen LogP contribution in [-0.4, -0.2) is 21.2 Å². The van der Waals surface area contributed by atoms with E-state index in [0.717, 1.165) is 38.9 Å². The number of fused-ring (bicyclic) bond motifs is 3. The van der Waals surface area contributed by atoms with Gasteiger partial charge < -0.3 is 9.30 Å². The number of rotatable bonds is 5. The summed E-state index contributed by atoms with van der Waals surface area (Å²) in [5.41, 5.74) is 5.40. The molecule has 0 saturated carbocycles. The summed E-state index contributed by atoms with van der Waals surface area (Å²) in [5, 5.41) is 1.66. The van der Waals surface area contributed by atoms with E-state index in [1.54, 1.807) is 18.0 Å². The Hall–Kier alpha value is -3.57. The van der Waals surface area contributed by atoms with Crippen molar-refractivity contribution in [1.82, 2.24) is 14.1 Å². The molecule has 0 aliphatic heterocycles. The molecule has 5 nitrogen and oxygen atoms in total. The Morgan fingerprint density at radius 2 is 1.78 bits per heavy atom. The maximum atomic E-state index is 13.6. The molecule has 0 radical (unpaired) electrons. The molecule has 0 aliphatic carbocycles. The van der Waals surface area contributed by atoms with Crippen LogP contribution in [0.3, 0.4) is 0 Å². The Morgan fingerprint density at radius 3 is 2.53 bits per heavy atom. The highest BCUT2D eigenvalue weighted by Crippen LogP contribution is 2.28. The molecule has 3 aromatic carbocycles. The molecule has 0 unspecified atom stereocenters. The van der Waals surface area contributed by atoms with Gasteiger partial charge >= 0.3 is 0 Å². The molecule has 6 heteroatoms. The van der Waals surface area contributed by atoms with Gasteiger partial charge in [0, 0.05) is 17.0 Å². The molecule has 2 aromatic heterocycles. The second-order valence-electron chi connectivity index (χ2n) is 7.96. The zero-order chi connectivity index (χ0) is 22.2. The topological polar surface area (TPSA) is 49.0 Å². The van der Waals surface area contributed by atoms with Crippen molar-refractivity contribution in [3.63, 3.8) is 0 Å². The van der Waals surface area contributed by atoms with E-state index in [-0.39, 0.29) is 5.56 Å². The number of benzene rings is 3. The molecule has 0 N–H and O–H groups in total. The number of hydrogen-bond donors (Lipinski definition) is 0. The number of hydrogen-bond acceptors (Lipinski definition) is 3. The highest BCUT2D eigenvalue weighted by Gasteiger charge is 2.17. The van der Waals surface area contributed by atoms with Crippen molar-refractivity contribution < 1.29 is 4.74 Å². The predicted octanol–water partition coefficient (Wildman–Crippen LogP) is 5.42. The molecule has 0 amide bonds. The van der Waals surface area contributed by atoms with Crippen LogP contribution >= 0.6 is 11.6 Å². The van der Waals surface area contributed by atoms with E-state index in [1.807, 2.05) is 55.5 Å². The highest BCUT2D eigenvalue weighted by atomic mass is 35.5. The van der Waals surface area contributed by atoms with Crippen LogP contribution in [0.4, 0.5) is 0 Å². The van der Waals surface area contributed by atoms with Gasteiger partial charge in [0.15, 0.2) is 0 Å². The van der Waals surface area contributed by atoms with Gasteiger partial charge in [-0.15, -0.1) is 0 Å². The lowest BCUT2D eigenvalue weighted by atomic mass is 10.1. The normalized spacial score (nSPS) is 11.3. The van der Waals surface area contributed by atoms with Crippen molar-refractivity contribution in [1.29, 1.82) is 0 Å². The summed E-state index contributed by atoms with van der Waals surface area (Å²) in [6.45, 7) is 3.01. The predicted molar refractivity (Wildman–Crippen MR) is 129 cm³/mol. The molecule has 5 rings (SSSR count). The van der Waals surface area contributed by atoms with Crippen LogP contribution in [0.2, 0.25) is 5.02 Å². The lowest BCUT2D eigenvalue weighted by Crippen LogP contribution is -2.23. The molecular formula is C26H22ClN3O2. The SMILES string of the molecule is COc1ccc(Cn2cnc3c4cc(C)ccc4n(Cc4cccc(Cl)c4)c3c2=O)cc1. The van der Waals surface area contributed by atoms with E-state index in [2.05, 4.69) is 22.8 Å². The zero-order valence-corrected chi connectivity index (χ0v) is 18.6. The first-order chi connectivity index (χ1) is 15.5. The molecule has 0 bridgehead atoms. The van der Waals surface area contributed by atoms with Gasteiger partial charge in [-0.3, -0.25) is 9.36 Å². The van der Waals surface area contributed by atoms with Gasteiger partial charge in [-0.25, -0.2) is 4.98 Å². The minimum absolute atomic E-state index is 0.0679. The van der Waals surface area contributed by atoms with E-state index < -0.39 is 0 Å². The third-order valence-corrected chi connectivity index (χ3v) is 5.96. The largest absolute Gasteiger partial charge is 0.497 e. The van der Waals surface area contributed by atoms with Crippen LogP contribution in [0.1, 0.15) is 16.7 Å². The Balaban J connectivity index is 1.68. The minimum Gasteiger partial charge on any atom is -0.497 e. The molecule has 0 aliphatic rings. The van der Waals surface area contributed by atoms with Gasteiger partial charge in [0.1, 0.15) is 16.8 Å². The molecule has 0 atom stereocenters. The molecule has 5 aromatic rings. The van der Waals surface area contributed by atoms with Crippen LogP contribution < -0.4 is 10.3 Å². The monoisotopic (exact) mass is 443 g/mol. The van der Waals surface area contributed by atoms with Crippen molar-refractivity contribution in [2.75, 3.05) is 7.11 Å². The summed E-state index contributed by atoms with van der Waals surface area (Å²) >= 11 is 6.21. The van der Waals surface area contributed by atoms with Gasteiger partial charge in [0.05, 0.1) is 25.5 Å². The van der Waals surface area contributed by atoms with Crippen LogP contribution in [0.25, 0.3) is 21.9 Å². The Kier molecular flexibility index (Phi) is 5.19. The van der Waals surface area contributed by atoms with E-state index in [4.69, 9.17) is 21.3 Å². The lowest BCUT2D eigenvalue weighted by molar-refractivity contribution is 0.414. The number of aromatic nitrogens is 3. The van der Waals surface area contributed by atoms with Crippen molar-refractivity contribution >= 4 is 33.5 Å². The van der Waals surface area contributed by atoms with Crippen molar-refractivity contribution in [3.8, 4) is 5.75 Å². The van der Waals surface area contributed by atoms with Gasteiger partial charge in [-0.1, -0.05) is 47.5 Å². The Morgan fingerprint density at radius 1 is 0.969 bits per heavy atom. The number of ether oxygens (including phenoxy) is 1. The maximum Gasteiger partial charge on any atom is 0.278 e. The van der Waals surface area contributed by atoms with Crippen molar-refractivity contribution in [2.45, 2.75) is 20.0 Å². The molecule has 0 fully saturated rings. The van der Waals surface area contributed by atoms with Crippen molar-refractivity contribution in [2.24, 2.45) is 0 Å². The van der Waals surface area contributed by atoms with E-state index in [0.29, 0.717) is 23.6 Å². The minimum atomic E-state index is -0.0679. The third kappa shape index (κ3) is 3.65. The third-order valence-electron chi connectivity index (χ3n) is 5.72. The standard InChI is InChI=1S/C26H22ClN3O2/c1-17-6-11-23-22(12-17)24-25(30(23)15-19-4-3-5-20(27)13-19)26(31)29(16-28-24)14-18-7-9-21(32-2)10-8-18/h3-13,16H,14-15H2,1-2H3. The highest BCUT2D eigenvalue weighted by molar-refractivity contribution is 6.30. The second-order valence-corrected chi connectivity index (χ2v) is 8.40. The first-order valence-electron chi connectivity index (χ1n) is 10.4. The fourth-order valence-corrected chi connectivity index (χ4v) is 4.35. The van der Waals surface area contributed by atoms with Crippen LogP contribution in [0, 0.1) is 6.92 Å². The van der Waals surface area contributed by atoms with Crippen LogP contribution in [0.15, 0.2) is 77.9 Å². The summed E-state index contributed by atoms with van der Waals surface area (Å²) < 4.78 is 8.94. The lowest BCUT2D eigenvalue weighted by Gasteiger charge is -2.10. The number of halogens is 1. The quantitative estimate of drug-likeness (QED) is 0.364. The van der Waals surface area contributed by atoms with Crippen molar-refractivity contribution in [3.05, 3.63) is 105 Å².